The number of epoxide rings is 1. The van der Waals surface area contributed by atoms with E-state index in [4.69, 9.17) is 19.3 Å². The summed E-state index contributed by atoms with van der Waals surface area (Å²) in [5, 5.41) is 8.60. The van der Waals surface area contributed by atoms with E-state index in [0.717, 1.165) is 19.3 Å². The molecule has 92 valence electrons. The second-order valence-electron chi connectivity index (χ2n) is 3.97. The number of rotatable bonds is 7. The molecule has 0 amide bonds. The molecule has 1 aliphatic heterocycles. The van der Waals surface area contributed by atoms with Crippen molar-refractivity contribution in [2.45, 2.75) is 37.9 Å². The quantitative estimate of drug-likeness (QED) is 0.305. The number of unbranched alkanes of at least 4 members (excludes halogenated alkanes) is 2. The Morgan fingerprint density at radius 3 is 2.94 bits per heavy atom. The molecule has 0 aromatic carbocycles. The first kappa shape index (κ1) is 13.5. The molecule has 1 saturated heterocycles. The summed E-state index contributed by atoms with van der Waals surface area (Å²) in [5.74, 6) is 6.16. The van der Waals surface area contributed by atoms with Crippen LogP contribution in [0, 0.1) is 11.8 Å². The first-order chi connectivity index (χ1) is 7.73. The van der Waals surface area contributed by atoms with Crippen LogP contribution in [-0.4, -0.2) is 43.9 Å². The normalized spacial score (nSPS) is 27.3. The number of aliphatic hydroxyl groups is 1. The van der Waals surface area contributed by atoms with E-state index in [2.05, 4.69) is 11.8 Å². The summed E-state index contributed by atoms with van der Waals surface area (Å²) in [6.07, 6.45) is 2.62. The highest BCUT2D eigenvalue weighted by Gasteiger charge is 2.51. The first-order valence-electron chi connectivity index (χ1n) is 5.58. The summed E-state index contributed by atoms with van der Waals surface area (Å²) in [4.78, 5) is 0. The van der Waals surface area contributed by atoms with Gasteiger partial charge in [-0.2, -0.15) is 0 Å². The predicted octanol–water partition coefficient (Wildman–Crippen LogP) is 0.930. The maximum absolute atomic E-state index is 8.60. The molecule has 0 aromatic heterocycles. The maximum Gasteiger partial charge on any atom is 0.154 e. The van der Waals surface area contributed by atoms with Crippen LogP contribution in [0.1, 0.15) is 26.2 Å². The molecule has 1 rings (SSSR count). The lowest BCUT2D eigenvalue weighted by atomic mass is 10.1. The van der Waals surface area contributed by atoms with Gasteiger partial charge in [-0.3, -0.25) is 0 Å². The van der Waals surface area contributed by atoms with Gasteiger partial charge in [-0.05, 0) is 19.8 Å². The fourth-order valence-corrected chi connectivity index (χ4v) is 1.37. The largest absolute Gasteiger partial charge is 0.396 e. The summed E-state index contributed by atoms with van der Waals surface area (Å²) in [5.41, 5.74) is -0.340. The van der Waals surface area contributed by atoms with Crippen molar-refractivity contribution in [1.29, 1.82) is 0 Å². The van der Waals surface area contributed by atoms with Crippen LogP contribution in [0.4, 0.5) is 0 Å². The van der Waals surface area contributed by atoms with Crippen LogP contribution in [0.15, 0.2) is 0 Å². The molecule has 0 aromatic rings. The van der Waals surface area contributed by atoms with E-state index >= 15 is 0 Å². The average molecular weight is 228 g/mol. The Morgan fingerprint density at radius 2 is 2.25 bits per heavy atom. The minimum atomic E-state index is -0.340. The number of ether oxygens (including phenoxy) is 3. The lowest BCUT2D eigenvalue weighted by Crippen LogP contribution is -2.13. The fourth-order valence-electron chi connectivity index (χ4n) is 1.37. The number of aliphatic hydroxyl groups excluding tert-OH is 1. The van der Waals surface area contributed by atoms with Gasteiger partial charge >= 0.3 is 0 Å². The lowest BCUT2D eigenvalue weighted by Gasteiger charge is -1.99. The molecule has 0 spiro atoms. The Balaban J connectivity index is 2.12. The van der Waals surface area contributed by atoms with Crippen LogP contribution >= 0.6 is 0 Å². The summed E-state index contributed by atoms with van der Waals surface area (Å²) in [6.45, 7) is 3.02. The van der Waals surface area contributed by atoms with Crippen LogP contribution in [-0.2, 0) is 14.2 Å². The van der Waals surface area contributed by atoms with Gasteiger partial charge in [-0.15, -0.1) is 5.92 Å². The van der Waals surface area contributed by atoms with Crippen molar-refractivity contribution in [3.8, 4) is 11.8 Å². The topological polar surface area (TPSA) is 51.2 Å². The summed E-state index contributed by atoms with van der Waals surface area (Å²) >= 11 is 0. The zero-order valence-electron chi connectivity index (χ0n) is 9.99. The predicted molar refractivity (Wildman–Crippen MR) is 59.8 cm³/mol. The van der Waals surface area contributed by atoms with Crippen molar-refractivity contribution >= 4 is 0 Å². The summed E-state index contributed by atoms with van der Waals surface area (Å²) in [6, 6.07) is 0. The van der Waals surface area contributed by atoms with Crippen molar-refractivity contribution < 1.29 is 19.3 Å². The van der Waals surface area contributed by atoms with Crippen molar-refractivity contribution in [3.05, 3.63) is 0 Å². The molecule has 0 bridgehead atoms. The Hall–Kier alpha value is -0.600. The highest BCUT2D eigenvalue weighted by Crippen LogP contribution is 2.35. The minimum Gasteiger partial charge on any atom is -0.396 e. The van der Waals surface area contributed by atoms with Crippen LogP contribution in [0.3, 0.4) is 0 Å². The third kappa shape index (κ3) is 4.50. The van der Waals surface area contributed by atoms with E-state index in [9.17, 15) is 0 Å². The van der Waals surface area contributed by atoms with Gasteiger partial charge in [0.2, 0.25) is 0 Å². The van der Waals surface area contributed by atoms with E-state index in [0.29, 0.717) is 13.4 Å². The maximum atomic E-state index is 8.60. The van der Waals surface area contributed by atoms with Crippen LogP contribution in [0.25, 0.3) is 0 Å². The molecule has 0 aliphatic carbocycles. The van der Waals surface area contributed by atoms with Crippen molar-refractivity contribution in [2.24, 2.45) is 0 Å². The van der Waals surface area contributed by atoms with Crippen LogP contribution < -0.4 is 0 Å². The molecular formula is C12H20O4. The molecule has 1 fully saturated rings. The highest BCUT2D eigenvalue weighted by molar-refractivity contribution is 5.23. The average Bonchev–Trinajstić information content (AvgIpc) is 2.90. The van der Waals surface area contributed by atoms with E-state index < -0.39 is 0 Å². The Labute approximate surface area is 96.9 Å². The Morgan fingerprint density at radius 1 is 1.44 bits per heavy atom. The minimum absolute atomic E-state index is 0.0630. The van der Waals surface area contributed by atoms with Gasteiger partial charge in [0, 0.05) is 20.1 Å². The standard InChI is InChI=1S/C12H20O4/c1-12(7-5-3-4-6-8-13)11(16-12)9-15-10-14-2/h11,13H,3-4,6,8-10H2,1-2H3. The van der Waals surface area contributed by atoms with Crippen molar-refractivity contribution in [2.75, 3.05) is 27.1 Å². The highest BCUT2D eigenvalue weighted by atomic mass is 16.7. The van der Waals surface area contributed by atoms with Gasteiger partial charge in [-0.1, -0.05) is 5.92 Å². The van der Waals surface area contributed by atoms with Gasteiger partial charge in [0.05, 0.1) is 6.61 Å². The molecule has 16 heavy (non-hydrogen) atoms. The van der Waals surface area contributed by atoms with E-state index in [-0.39, 0.29) is 18.3 Å². The van der Waals surface area contributed by atoms with E-state index in [1.807, 2.05) is 6.92 Å². The van der Waals surface area contributed by atoms with Gasteiger partial charge in [0.1, 0.15) is 12.9 Å². The van der Waals surface area contributed by atoms with Crippen LogP contribution in [0.2, 0.25) is 0 Å². The van der Waals surface area contributed by atoms with Crippen molar-refractivity contribution in [1.82, 2.24) is 0 Å². The van der Waals surface area contributed by atoms with Crippen molar-refractivity contribution in [3.63, 3.8) is 0 Å². The van der Waals surface area contributed by atoms with E-state index in [1.165, 1.54) is 0 Å². The molecule has 1 N–H and O–H groups in total. The van der Waals surface area contributed by atoms with Gasteiger partial charge in [0.15, 0.2) is 5.60 Å². The molecule has 4 nitrogen and oxygen atoms in total. The zero-order valence-corrected chi connectivity index (χ0v) is 9.99. The lowest BCUT2D eigenvalue weighted by molar-refractivity contribution is -0.0352. The van der Waals surface area contributed by atoms with Gasteiger partial charge in [0.25, 0.3) is 0 Å². The first-order valence-corrected chi connectivity index (χ1v) is 5.58. The molecule has 2 atom stereocenters. The zero-order chi connectivity index (χ0) is 11.9. The monoisotopic (exact) mass is 228 g/mol. The molecule has 1 heterocycles. The Kier molecular flexibility index (Phi) is 5.78. The molecule has 1 aliphatic rings. The summed E-state index contributed by atoms with van der Waals surface area (Å²) in [7, 11) is 1.59. The smallest absolute Gasteiger partial charge is 0.154 e. The second kappa shape index (κ2) is 6.87. The molecule has 0 saturated carbocycles. The second-order valence-corrected chi connectivity index (χ2v) is 3.97. The Bertz CT molecular complexity index is 255. The molecule has 0 radical (unpaired) electrons. The summed E-state index contributed by atoms with van der Waals surface area (Å²) < 4.78 is 15.4. The molecule has 2 unspecified atom stereocenters. The third-order valence-corrected chi connectivity index (χ3v) is 2.46. The number of hydrogen-bond donors (Lipinski definition) is 1. The fraction of sp³-hybridized carbons (Fsp3) is 0.833. The third-order valence-electron chi connectivity index (χ3n) is 2.46. The van der Waals surface area contributed by atoms with Gasteiger partial charge in [-0.25, -0.2) is 0 Å². The number of hydrogen-bond acceptors (Lipinski definition) is 4. The molecular weight excluding hydrogens is 208 g/mol. The van der Waals surface area contributed by atoms with Gasteiger partial charge < -0.3 is 19.3 Å². The van der Waals surface area contributed by atoms with Crippen LogP contribution in [0.5, 0.6) is 0 Å². The SMILES string of the molecule is COCOCC1OC1(C)C#CCCCCO. The number of methoxy groups -OCH3 is 1. The van der Waals surface area contributed by atoms with E-state index in [1.54, 1.807) is 7.11 Å². The molecule has 4 heteroatoms.